The molecule has 0 heterocycles. The smallest absolute Gasteiger partial charge is 0.0999 e. The van der Waals surface area contributed by atoms with E-state index in [0.717, 1.165) is 18.8 Å². The summed E-state index contributed by atoms with van der Waals surface area (Å²) in [6.07, 6.45) is 0.863. The summed E-state index contributed by atoms with van der Waals surface area (Å²) in [6.45, 7) is 5.08. The van der Waals surface area contributed by atoms with Crippen LogP contribution in [-0.4, -0.2) is 29.5 Å². The van der Waals surface area contributed by atoms with E-state index in [0.29, 0.717) is 0 Å². The predicted molar refractivity (Wildman–Crippen MR) is 45.2 cm³/mol. The van der Waals surface area contributed by atoms with E-state index in [9.17, 15) is 0 Å². The lowest BCUT2D eigenvalue weighted by atomic mass is 10.5. The average molecular weight is 164 g/mol. The van der Waals surface area contributed by atoms with E-state index in [1.807, 2.05) is 13.8 Å². The largest absolute Gasteiger partial charge is 0.396 e. The van der Waals surface area contributed by atoms with Gasteiger partial charge in [0.2, 0.25) is 0 Å². The zero-order chi connectivity index (χ0) is 7.82. The Kier molecular flexibility index (Phi) is 7.58. The highest BCUT2D eigenvalue weighted by Crippen LogP contribution is 2.11. The van der Waals surface area contributed by atoms with Crippen molar-refractivity contribution in [1.82, 2.24) is 0 Å². The van der Waals surface area contributed by atoms with Gasteiger partial charge in [0.05, 0.1) is 5.44 Å². The molecule has 0 rings (SSSR count). The van der Waals surface area contributed by atoms with Crippen LogP contribution in [0.15, 0.2) is 0 Å². The summed E-state index contributed by atoms with van der Waals surface area (Å²) in [5.74, 6) is 0.984. The van der Waals surface area contributed by atoms with Crippen molar-refractivity contribution < 1.29 is 9.84 Å². The number of rotatable bonds is 6. The molecule has 3 heteroatoms. The van der Waals surface area contributed by atoms with Gasteiger partial charge < -0.3 is 9.84 Å². The van der Waals surface area contributed by atoms with Crippen LogP contribution in [0, 0.1) is 0 Å². The van der Waals surface area contributed by atoms with Gasteiger partial charge in [0, 0.05) is 13.2 Å². The molecule has 1 N–H and O–H groups in total. The van der Waals surface area contributed by atoms with E-state index in [2.05, 4.69) is 0 Å². The molecule has 0 aliphatic heterocycles. The molecule has 0 aromatic heterocycles. The van der Waals surface area contributed by atoms with Crippen molar-refractivity contribution in [3.63, 3.8) is 0 Å². The van der Waals surface area contributed by atoms with Crippen molar-refractivity contribution in [1.29, 1.82) is 0 Å². The molecule has 0 fully saturated rings. The molecule has 10 heavy (non-hydrogen) atoms. The van der Waals surface area contributed by atoms with Crippen LogP contribution < -0.4 is 0 Å². The molecule has 0 bridgehead atoms. The fraction of sp³-hybridized carbons (Fsp3) is 1.00. The molecule has 0 radical (unpaired) electrons. The maximum atomic E-state index is 8.45. The zero-order valence-corrected chi connectivity index (χ0v) is 7.49. The van der Waals surface area contributed by atoms with Gasteiger partial charge in [-0.25, -0.2) is 0 Å². The van der Waals surface area contributed by atoms with Gasteiger partial charge in [-0.2, -0.15) is 0 Å². The van der Waals surface area contributed by atoms with E-state index >= 15 is 0 Å². The van der Waals surface area contributed by atoms with E-state index in [4.69, 9.17) is 9.84 Å². The van der Waals surface area contributed by atoms with Gasteiger partial charge in [-0.3, -0.25) is 0 Å². The molecule has 1 unspecified atom stereocenters. The van der Waals surface area contributed by atoms with Crippen LogP contribution in [0.5, 0.6) is 0 Å². The molecule has 0 aliphatic carbocycles. The van der Waals surface area contributed by atoms with Gasteiger partial charge in [0.15, 0.2) is 0 Å². The molecule has 2 nitrogen and oxygen atoms in total. The lowest BCUT2D eigenvalue weighted by Crippen LogP contribution is -2.03. The summed E-state index contributed by atoms with van der Waals surface area (Å²) in [6, 6.07) is 0. The van der Waals surface area contributed by atoms with Crippen molar-refractivity contribution >= 4 is 11.8 Å². The van der Waals surface area contributed by atoms with E-state index in [-0.39, 0.29) is 12.0 Å². The van der Waals surface area contributed by atoms with Crippen molar-refractivity contribution in [2.75, 3.05) is 19.0 Å². The fourth-order valence-electron chi connectivity index (χ4n) is 0.597. The highest BCUT2D eigenvalue weighted by Gasteiger charge is 1.98. The first-order chi connectivity index (χ1) is 4.81. The van der Waals surface area contributed by atoms with Gasteiger partial charge in [0.1, 0.15) is 0 Å². The van der Waals surface area contributed by atoms with Gasteiger partial charge in [-0.05, 0) is 26.0 Å². The third-order valence-corrected chi connectivity index (χ3v) is 2.19. The Morgan fingerprint density at radius 1 is 1.60 bits per heavy atom. The van der Waals surface area contributed by atoms with Crippen LogP contribution in [0.4, 0.5) is 0 Å². The second kappa shape index (κ2) is 7.38. The zero-order valence-electron chi connectivity index (χ0n) is 6.67. The number of thioether (sulfide) groups is 1. The first-order valence-electron chi connectivity index (χ1n) is 3.65. The maximum absolute atomic E-state index is 8.45. The summed E-state index contributed by atoms with van der Waals surface area (Å²) in [5.41, 5.74) is 0.275. The Hall–Kier alpha value is 0.270. The van der Waals surface area contributed by atoms with Crippen LogP contribution in [0.3, 0.4) is 0 Å². The predicted octanol–water partition coefficient (Wildman–Crippen LogP) is 1.48. The molecule has 0 saturated heterocycles. The molecular weight excluding hydrogens is 148 g/mol. The molecule has 0 aromatic carbocycles. The number of ether oxygens (including phenoxy) is 1. The van der Waals surface area contributed by atoms with Crippen LogP contribution >= 0.6 is 11.8 Å². The Morgan fingerprint density at radius 2 is 2.30 bits per heavy atom. The van der Waals surface area contributed by atoms with E-state index in [1.54, 1.807) is 11.8 Å². The normalized spacial score (nSPS) is 13.5. The third-order valence-electron chi connectivity index (χ3n) is 1.06. The second-order valence-corrected chi connectivity index (χ2v) is 3.38. The van der Waals surface area contributed by atoms with Crippen molar-refractivity contribution in [2.45, 2.75) is 25.7 Å². The number of hydrogen-bond donors (Lipinski definition) is 1. The minimum atomic E-state index is 0.275. The monoisotopic (exact) mass is 164 g/mol. The summed E-state index contributed by atoms with van der Waals surface area (Å²) in [4.78, 5) is 0. The summed E-state index contributed by atoms with van der Waals surface area (Å²) in [7, 11) is 0. The maximum Gasteiger partial charge on any atom is 0.0999 e. The van der Waals surface area contributed by atoms with Crippen molar-refractivity contribution in [3.8, 4) is 0 Å². The second-order valence-electron chi connectivity index (χ2n) is 1.97. The highest BCUT2D eigenvalue weighted by atomic mass is 32.2. The number of hydrogen-bond acceptors (Lipinski definition) is 3. The molecule has 0 aromatic rings. The Balaban J connectivity index is 2.97. The SMILES string of the molecule is CCOC(C)SCCCO. The molecule has 0 aliphatic rings. The lowest BCUT2D eigenvalue weighted by Gasteiger charge is -2.09. The topological polar surface area (TPSA) is 29.5 Å². The van der Waals surface area contributed by atoms with Gasteiger partial charge >= 0.3 is 0 Å². The minimum Gasteiger partial charge on any atom is -0.396 e. The molecule has 0 spiro atoms. The fourth-order valence-corrected chi connectivity index (χ4v) is 1.46. The number of aliphatic hydroxyl groups is 1. The Morgan fingerprint density at radius 3 is 2.80 bits per heavy atom. The molecular formula is C7H16O2S. The molecule has 0 amide bonds. The first kappa shape index (κ1) is 10.3. The van der Waals surface area contributed by atoms with Gasteiger partial charge in [0.25, 0.3) is 0 Å². The minimum absolute atomic E-state index is 0.275. The van der Waals surface area contributed by atoms with E-state index in [1.165, 1.54) is 0 Å². The van der Waals surface area contributed by atoms with Gasteiger partial charge in [-0.1, -0.05) is 0 Å². The van der Waals surface area contributed by atoms with Gasteiger partial charge in [-0.15, -0.1) is 11.8 Å². The Labute approximate surface area is 67.0 Å². The molecule has 62 valence electrons. The van der Waals surface area contributed by atoms with Crippen LogP contribution in [-0.2, 0) is 4.74 Å². The first-order valence-corrected chi connectivity index (χ1v) is 4.70. The van der Waals surface area contributed by atoms with E-state index < -0.39 is 0 Å². The quantitative estimate of drug-likeness (QED) is 0.476. The van der Waals surface area contributed by atoms with Crippen LogP contribution in [0.25, 0.3) is 0 Å². The van der Waals surface area contributed by atoms with Crippen LogP contribution in [0.1, 0.15) is 20.3 Å². The number of aliphatic hydroxyl groups excluding tert-OH is 1. The van der Waals surface area contributed by atoms with Crippen molar-refractivity contribution in [3.05, 3.63) is 0 Å². The molecule has 0 saturated carbocycles. The lowest BCUT2D eigenvalue weighted by molar-refractivity contribution is 0.137. The summed E-state index contributed by atoms with van der Waals surface area (Å²) >= 11 is 1.74. The van der Waals surface area contributed by atoms with Crippen molar-refractivity contribution in [2.24, 2.45) is 0 Å². The standard InChI is InChI=1S/C7H16O2S/c1-3-9-7(2)10-6-4-5-8/h7-8H,3-6H2,1-2H3. The highest BCUT2D eigenvalue weighted by molar-refractivity contribution is 7.99. The molecule has 1 atom stereocenters. The average Bonchev–Trinajstić information content (AvgIpc) is 1.89. The van der Waals surface area contributed by atoms with Crippen LogP contribution in [0.2, 0.25) is 0 Å². The Bertz CT molecular complexity index is 68.6. The third kappa shape index (κ3) is 6.39. The summed E-state index contributed by atoms with van der Waals surface area (Å²) in [5, 5.41) is 8.45. The summed E-state index contributed by atoms with van der Waals surface area (Å²) < 4.78 is 5.27.